The van der Waals surface area contributed by atoms with Crippen LogP contribution in [0.1, 0.15) is 6.92 Å². The van der Waals surface area contributed by atoms with Crippen molar-refractivity contribution in [2.75, 3.05) is 0 Å². The molecule has 0 spiro atoms. The predicted octanol–water partition coefficient (Wildman–Crippen LogP) is -2.45. The Hall–Kier alpha value is 1.11. The molecule has 0 rings (SSSR count). The molecular formula is C4H7KO2. The average molecular weight is 126 g/mol. The van der Waals surface area contributed by atoms with Gasteiger partial charge in [0.15, 0.2) is 0 Å². The standard InChI is InChI=1S/C4H7O2.K/c1-3(2)4(5)6;/h3H,1H2,2H3,(H,5,6);/q-1;+1. The van der Waals surface area contributed by atoms with E-state index in [4.69, 9.17) is 5.11 Å². The maximum absolute atomic E-state index is 9.64. The first-order valence-electron chi connectivity index (χ1n) is 1.70. The molecule has 0 radical (unpaired) electrons. The van der Waals surface area contributed by atoms with Gasteiger partial charge < -0.3 is 12.0 Å². The van der Waals surface area contributed by atoms with Crippen LogP contribution in [0.2, 0.25) is 0 Å². The molecule has 0 heterocycles. The van der Waals surface area contributed by atoms with Gasteiger partial charge in [0.25, 0.3) is 5.97 Å². The fourth-order valence-electron chi connectivity index (χ4n) is 0. The van der Waals surface area contributed by atoms with Crippen molar-refractivity contribution < 1.29 is 61.3 Å². The van der Waals surface area contributed by atoms with Crippen LogP contribution in [0.15, 0.2) is 0 Å². The summed E-state index contributed by atoms with van der Waals surface area (Å²) in [5.41, 5.74) is 0. The van der Waals surface area contributed by atoms with Crippen molar-refractivity contribution >= 4 is 5.97 Å². The number of rotatable bonds is 1. The van der Waals surface area contributed by atoms with Crippen LogP contribution in [0, 0.1) is 12.8 Å². The van der Waals surface area contributed by atoms with Gasteiger partial charge in [0.1, 0.15) is 0 Å². The molecule has 0 aromatic heterocycles. The molecule has 36 valence electrons. The predicted molar refractivity (Wildman–Crippen MR) is 22.2 cm³/mol. The van der Waals surface area contributed by atoms with E-state index in [1.54, 1.807) is 0 Å². The summed E-state index contributed by atoms with van der Waals surface area (Å²) in [4.78, 5) is 9.64. The SMILES string of the molecule is [CH2-]C(C)C(=O)O.[K+]. The molecule has 1 N–H and O–H groups in total. The minimum atomic E-state index is -0.852. The van der Waals surface area contributed by atoms with Crippen molar-refractivity contribution in [2.24, 2.45) is 5.92 Å². The van der Waals surface area contributed by atoms with E-state index < -0.39 is 11.9 Å². The Bertz CT molecular complexity index is 60.7. The minimum absolute atomic E-state index is 0. The summed E-state index contributed by atoms with van der Waals surface area (Å²) in [7, 11) is 0. The zero-order valence-corrected chi connectivity index (χ0v) is 7.76. The van der Waals surface area contributed by atoms with Crippen LogP contribution in [0.3, 0.4) is 0 Å². The Morgan fingerprint density at radius 1 is 1.86 bits per heavy atom. The minimum Gasteiger partial charge on any atom is -0.483 e. The van der Waals surface area contributed by atoms with Crippen LogP contribution in [0.5, 0.6) is 0 Å². The number of hydrogen-bond donors (Lipinski definition) is 1. The molecule has 0 aromatic carbocycles. The van der Waals surface area contributed by atoms with Gasteiger partial charge in [-0.05, 0) is 0 Å². The first-order chi connectivity index (χ1) is 2.64. The van der Waals surface area contributed by atoms with Crippen molar-refractivity contribution in [3.8, 4) is 0 Å². The number of hydrogen-bond acceptors (Lipinski definition) is 1. The fraction of sp³-hybridized carbons (Fsp3) is 0.500. The fourth-order valence-corrected chi connectivity index (χ4v) is 0. The number of carboxylic acid groups (broad SMARTS) is 1. The molecule has 0 aliphatic heterocycles. The van der Waals surface area contributed by atoms with E-state index >= 15 is 0 Å². The van der Waals surface area contributed by atoms with Crippen LogP contribution in [0.25, 0.3) is 0 Å². The molecule has 2 nitrogen and oxygen atoms in total. The first kappa shape index (κ1) is 11.0. The van der Waals surface area contributed by atoms with Gasteiger partial charge in [-0.15, -0.1) is 0 Å². The van der Waals surface area contributed by atoms with Gasteiger partial charge >= 0.3 is 51.4 Å². The second-order valence-corrected chi connectivity index (χ2v) is 1.24. The van der Waals surface area contributed by atoms with E-state index in [0.717, 1.165) is 0 Å². The topological polar surface area (TPSA) is 37.3 Å². The summed E-state index contributed by atoms with van der Waals surface area (Å²) < 4.78 is 0. The smallest absolute Gasteiger partial charge is 0.483 e. The van der Waals surface area contributed by atoms with Gasteiger partial charge in [0, 0.05) is 0 Å². The summed E-state index contributed by atoms with van der Waals surface area (Å²) in [6.45, 7) is 4.77. The summed E-state index contributed by atoms with van der Waals surface area (Å²) in [6, 6.07) is 0. The quantitative estimate of drug-likeness (QED) is 0.313. The Kier molecular flexibility index (Phi) is 8.23. The molecule has 0 fully saturated rings. The molecule has 0 aromatic rings. The normalized spacial score (nSPS) is 11.7. The van der Waals surface area contributed by atoms with Gasteiger partial charge in [0.2, 0.25) is 0 Å². The second-order valence-electron chi connectivity index (χ2n) is 1.24. The summed E-state index contributed by atoms with van der Waals surface area (Å²) in [5.74, 6) is -1.33. The van der Waals surface area contributed by atoms with Crippen LogP contribution >= 0.6 is 0 Å². The Morgan fingerprint density at radius 3 is 2.00 bits per heavy atom. The molecule has 0 saturated heterocycles. The molecule has 0 aliphatic rings. The average Bonchev–Trinajstić information content (AvgIpc) is 1.36. The van der Waals surface area contributed by atoms with Crippen LogP contribution in [-0.4, -0.2) is 11.1 Å². The Morgan fingerprint density at radius 2 is 2.00 bits per heavy atom. The van der Waals surface area contributed by atoms with Gasteiger partial charge in [-0.25, -0.2) is 0 Å². The van der Waals surface area contributed by atoms with Gasteiger partial charge in [-0.3, -0.25) is 4.79 Å². The first-order valence-corrected chi connectivity index (χ1v) is 1.70. The summed E-state index contributed by atoms with van der Waals surface area (Å²) in [6.07, 6.45) is 0. The summed E-state index contributed by atoms with van der Waals surface area (Å²) >= 11 is 0. The molecule has 0 aliphatic carbocycles. The van der Waals surface area contributed by atoms with Crippen LogP contribution in [0.4, 0.5) is 0 Å². The van der Waals surface area contributed by atoms with E-state index in [2.05, 4.69) is 6.92 Å². The van der Waals surface area contributed by atoms with Gasteiger partial charge in [-0.2, -0.15) is 0 Å². The summed E-state index contributed by atoms with van der Waals surface area (Å²) in [5, 5.41) is 7.93. The second kappa shape index (κ2) is 5.25. The molecule has 0 bridgehead atoms. The van der Waals surface area contributed by atoms with E-state index in [0.29, 0.717) is 0 Å². The van der Waals surface area contributed by atoms with E-state index in [9.17, 15) is 4.79 Å². The Labute approximate surface area is 85.7 Å². The third kappa shape index (κ3) is 7.11. The van der Waals surface area contributed by atoms with E-state index in [1.807, 2.05) is 0 Å². The zero-order valence-electron chi connectivity index (χ0n) is 4.64. The number of carbonyl (C=O) groups is 1. The zero-order chi connectivity index (χ0) is 5.15. The molecule has 1 unspecified atom stereocenters. The maximum atomic E-state index is 9.64. The third-order valence-corrected chi connectivity index (χ3v) is 0.422. The van der Waals surface area contributed by atoms with Crippen molar-refractivity contribution in [2.45, 2.75) is 6.92 Å². The van der Waals surface area contributed by atoms with Crippen LogP contribution in [-0.2, 0) is 4.79 Å². The molecule has 1 atom stereocenters. The van der Waals surface area contributed by atoms with Gasteiger partial charge in [-0.1, -0.05) is 12.8 Å². The molecular weight excluding hydrogens is 119 g/mol. The number of aliphatic carboxylic acids is 1. The maximum Gasteiger partial charge on any atom is 1.00 e. The van der Waals surface area contributed by atoms with Crippen LogP contribution < -0.4 is 51.4 Å². The van der Waals surface area contributed by atoms with E-state index in [1.165, 1.54) is 6.92 Å². The van der Waals surface area contributed by atoms with Gasteiger partial charge in [0.05, 0.1) is 0 Å². The van der Waals surface area contributed by atoms with Crippen molar-refractivity contribution in [1.29, 1.82) is 0 Å². The largest absolute Gasteiger partial charge is 1.00 e. The van der Waals surface area contributed by atoms with E-state index in [-0.39, 0.29) is 51.4 Å². The third-order valence-electron chi connectivity index (χ3n) is 0.422. The van der Waals surface area contributed by atoms with Crippen molar-refractivity contribution in [3.63, 3.8) is 0 Å². The monoisotopic (exact) mass is 126 g/mol. The number of carboxylic acids is 1. The Balaban J connectivity index is 0. The van der Waals surface area contributed by atoms with Crippen molar-refractivity contribution in [1.82, 2.24) is 0 Å². The molecule has 7 heavy (non-hydrogen) atoms. The molecule has 0 amide bonds. The molecule has 3 heteroatoms. The van der Waals surface area contributed by atoms with Crippen molar-refractivity contribution in [3.05, 3.63) is 6.92 Å². The molecule has 0 saturated carbocycles.